The molecule has 0 amide bonds. The van der Waals surface area contributed by atoms with Gasteiger partial charge in [0.25, 0.3) is 0 Å². The summed E-state index contributed by atoms with van der Waals surface area (Å²) >= 11 is 1.78. The maximum atomic E-state index is 5.76. The highest BCUT2D eigenvalue weighted by Gasteiger charge is 2.25. The van der Waals surface area contributed by atoms with E-state index in [4.69, 9.17) is 9.72 Å². The van der Waals surface area contributed by atoms with Crippen LogP contribution in [0.4, 0.5) is 0 Å². The van der Waals surface area contributed by atoms with Crippen molar-refractivity contribution in [3.8, 4) is 0 Å². The Morgan fingerprint density at radius 2 is 2.00 bits per heavy atom. The molecule has 0 spiro atoms. The Balaban J connectivity index is 3.08. The van der Waals surface area contributed by atoms with E-state index in [1.807, 2.05) is 14.0 Å². The van der Waals surface area contributed by atoms with Crippen LogP contribution in [-0.4, -0.2) is 18.6 Å². The zero-order valence-corrected chi connectivity index (χ0v) is 13.3. The average molecular weight is 270 g/mol. The second-order valence-corrected chi connectivity index (χ2v) is 6.57. The van der Waals surface area contributed by atoms with Crippen LogP contribution in [0.15, 0.2) is 0 Å². The van der Waals surface area contributed by atoms with Gasteiger partial charge in [0.05, 0.1) is 5.69 Å². The van der Waals surface area contributed by atoms with Gasteiger partial charge < -0.3 is 10.1 Å². The van der Waals surface area contributed by atoms with Gasteiger partial charge in [-0.25, -0.2) is 4.98 Å². The molecule has 18 heavy (non-hydrogen) atoms. The van der Waals surface area contributed by atoms with Gasteiger partial charge >= 0.3 is 0 Å². The van der Waals surface area contributed by atoms with E-state index >= 15 is 0 Å². The first-order valence-corrected chi connectivity index (χ1v) is 7.51. The molecule has 0 saturated carbocycles. The molecular formula is C14H26N2OS. The van der Waals surface area contributed by atoms with Gasteiger partial charge in [-0.05, 0) is 20.4 Å². The van der Waals surface area contributed by atoms with E-state index in [9.17, 15) is 0 Å². The van der Waals surface area contributed by atoms with E-state index in [-0.39, 0.29) is 11.5 Å². The van der Waals surface area contributed by atoms with Crippen molar-refractivity contribution in [1.29, 1.82) is 0 Å². The fraction of sp³-hybridized carbons (Fsp3) is 0.786. The van der Waals surface area contributed by atoms with E-state index in [0.717, 1.165) is 24.6 Å². The van der Waals surface area contributed by atoms with E-state index < -0.39 is 0 Å². The average Bonchev–Trinajstić information content (AvgIpc) is 2.70. The number of hydrogen-bond acceptors (Lipinski definition) is 4. The minimum absolute atomic E-state index is 0.0887. The summed E-state index contributed by atoms with van der Waals surface area (Å²) in [5, 5.41) is 4.35. The number of nitrogens with zero attached hydrogens (tertiary/aromatic N) is 1. The van der Waals surface area contributed by atoms with E-state index in [0.29, 0.717) is 0 Å². The molecule has 104 valence electrons. The predicted molar refractivity (Wildman–Crippen MR) is 78.2 cm³/mol. The van der Waals surface area contributed by atoms with Crippen LogP contribution >= 0.6 is 11.3 Å². The Bertz CT molecular complexity index is 368. The highest BCUT2D eigenvalue weighted by Crippen LogP contribution is 2.34. The monoisotopic (exact) mass is 270 g/mol. The normalized spacial score (nSPS) is 13.9. The summed E-state index contributed by atoms with van der Waals surface area (Å²) in [6.45, 7) is 12.5. The first kappa shape index (κ1) is 15.6. The molecule has 0 aliphatic rings. The third-order valence-electron chi connectivity index (χ3n) is 2.78. The van der Waals surface area contributed by atoms with E-state index in [1.165, 1.54) is 10.6 Å². The van der Waals surface area contributed by atoms with Crippen molar-refractivity contribution in [2.45, 2.75) is 59.1 Å². The highest BCUT2D eigenvalue weighted by atomic mass is 32.1. The number of hydrogen-bond donors (Lipinski definition) is 1. The molecule has 0 radical (unpaired) electrons. The predicted octanol–water partition coefficient (Wildman–Crippen LogP) is 3.65. The molecular weight excluding hydrogens is 244 g/mol. The number of nitrogens with one attached hydrogen (secondary N) is 1. The summed E-state index contributed by atoms with van der Waals surface area (Å²) in [6, 6.07) is 0. The van der Waals surface area contributed by atoms with E-state index in [1.54, 1.807) is 11.3 Å². The fourth-order valence-corrected chi connectivity index (χ4v) is 3.36. The smallest absolute Gasteiger partial charge is 0.122 e. The Kier molecular flexibility index (Phi) is 5.76. The maximum absolute atomic E-state index is 5.76. The lowest BCUT2D eigenvalue weighted by atomic mass is 9.91. The van der Waals surface area contributed by atoms with Gasteiger partial charge in [-0.15, -0.1) is 11.3 Å². The van der Waals surface area contributed by atoms with Crippen molar-refractivity contribution < 1.29 is 4.74 Å². The molecule has 1 N–H and O–H groups in total. The van der Waals surface area contributed by atoms with Crippen LogP contribution in [0.25, 0.3) is 0 Å². The summed E-state index contributed by atoms with van der Waals surface area (Å²) in [4.78, 5) is 6.18. The Morgan fingerprint density at radius 1 is 1.33 bits per heavy atom. The Morgan fingerprint density at radius 3 is 2.44 bits per heavy atom. The van der Waals surface area contributed by atoms with Crippen molar-refractivity contribution in [2.75, 3.05) is 13.7 Å². The molecule has 0 saturated heterocycles. The van der Waals surface area contributed by atoms with Crippen LogP contribution in [-0.2, 0) is 16.7 Å². The second kappa shape index (κ2) is 6.64. The first-order valence-electron chi connectivity index (χ1n) is 6.70. The fourth-order valence-electron chi connectivity index (χ4n) is 1.94. The zero-order valence-electron chi connectivity index (χ0n) is 12.5. The van der Waals surface area contributed by atoms with Crippen molar-refractivity contribution in [1.82, 2.24) is 10.3 Å². The molecule has 1 heterocycles. The summed E-state index contributed by atoms with van der Waals surface area (Å²) in [6.07, 6.45) is 1.12. The lowest BCUT2D eigenvalue weighted by molar-refractivity contribution is 0.0594. The van der Waals surface area contributed by atoms with E-state index in [2.05, 4.69) is 33.0 Å². The summed E-state index contributed by atoms with van der Waals surface area (Å²) in [7, 11) is 1.98. The van der Waals surface area contributed by atoms with Gasteiger partial charge in [-0.2, -0.15) is 0 Å². The molecule has 0 bridgehead atoms. The van der Waals surface area contributed by atoms with Gasteiger partial charge in [0, 0.05) is 23.4 Å². The van der Waals surface area contributed by atoms with Crippen LogP contribution in [0.2, 0.25) is 0 Å². The van der Waals surface area contributed by atoms with Gasteiger partial charge in [0.1, 0.15) is 11.1 Å². The molecule has 1 rings (SSSR count). The Labute approximate surface area is 115 Å². The lowest BCUT2D eigenvalue weighted by Crippen LogP contribution is -2.17. The summed E-state index contributed by atoms with van der Waals surface area (Å²) in [5.74, 6) is 0. The molecule has 4 heteroatoms. The van der Waals surface area contributed by atoms with Gasteiger partial charge in [0.15, 0.2) is 0 Å². The maximum Gasteiger partial charge on any atom is 0.122 e. The van der Waals surface area contributed by atoms with Crippen LogP contribution < -0.4 is 5.32 Å². The minimum atomic E-state index is 0.0887. The van der Waals surface area contributed by atoms with Crippen LogP contribution in [0, 0.1) is 0 Å². The first-order chi connectivity index (χ1) is 8.43. The van der Waals surface area contributed by atoms with Gasteiger partial charge in [-0.3, -0.25) is 0 Å². The third-order valence-corrected chi connectivity index (χ3v) is 3.92. The second-order valence-electron chi connectivity index (χ2n) is 5.46. The van der Waals surface area contributed by atoms with Crippen molar-refractivity contribution in [2.24, 2.45) is 0 Å². The molecule has 0 aliphatic heterocycles. The summed E-state index contributed by atoms with van der Waals surface area (Å²) < 4.78 is 5.76. The lowest BCUT2D eigenvalue weighted by Gasteiger charge is -2.17. The van der Waals surface area contributed by atoms with Crippen molar-refractivity contribution >= 4 is 11.3 Å². The number of rotatable bonds is 6. The number of thiazole rings is 1. The molecule has 3 nitrogen and oxygen atoms in total. The minimum Gasteiger partial charge on any atom is -0.371 e. The molecule has 1 aromatic heterocycles. The molecule has 1 unspecified atom stereocenters. The van der Waals surface area contributed by atoms with Crippen LogP contribution in [0.1, 0.15) is 62.7 Å². The number of ether oxygens (including phenoxy) is 1. The highest BCUT2D eigenvalue weighted by molar-refractivity contribution is 7.11. The summed E-state index contributed by atoms with van der Waals surface area (Å²) in [5.41, 5.74) is 1.29. The topological polar surface area (TPSA) is 34.1 Å². The molecule has 1 aromatic rings. The molecule has 0 fully saturated rings. The molecule has 1 atom stereocenters. The number of aromatic nitrogens is 1. The largest absolute Gasteiger partial charge is 0.371 e. The standard InChI is InChI=1S/C14H26N2OS/c1-7-10(17-8-2)13-16-12(14(3,4)5)11(18-13)9-15-6/h10,15H,7-9H2,1-6H3. The van der Waals surface area contributed by atoms with Crippen molar-refractivity contribution in [3.05, 3.63) is 15.6 Å². The van der Waals surface area contributed by atoms with Gasteiger partial charge in [0.2, 0.25) is 0 Å². The van der Waals surface area contributed by atoms with Gasteiger partial charge in [-0.1, -0.05) is 27.7 Å². The Hall–Kier alpha value is -0.450. The SMILES string of the molecule is CCOC(CC)c1nc(C(C)(C)C)c(CNC)s1. The quantitative estimate of drug-likeness (QED) is 0.857. The van der Waals surface area contributed by atoms with Crippen LogP contribution in [0.5, 0.6) is 0 Å². The third kappa shape index (κ3) is 3.77. The van der Waals surface area contributed by atoms with Crippen molar-refractivity contribution in [3.63, 3.8) is 0 Å². The molecule has 0 aliphatic carbocycles. The zero-order chi connectivity index (χ0) is 13.8. The van der Waals surface area contributed by atoms with Crippen LogP contribution in [0.3, 0.4) is 0 Å². The molecule has 0 aromatic carbocycles.